The van der Waals surface area contributed by atoms with Crippen molar-refractivity contribution < 1.29 is 18.0 Å². The van der Waals surface area contributed by atoms with E-state index < -0.39 is 15.9 Å². The first-order chi connectivity index (χ1) is 14.8. The lowest BCUT2D eigenvalue weighted by atomic mass is 10.1. The smallest absolute Gasteiger partial charge is 0.251 e. The minimum absolute atomic E-state index is 0.192. The molecule has 1 aromatic heterocycles. The number of aldehydes is 1. The average molecular weight is 438 g/mol. The van der Waals surface area contributed by atoms with Crippen molar-refractivity contribution in [1.82, 2.24) is 10.3 Å². The molecule has 1 atom stereocenters. The van der Waals surface area contributed by atoms with Gasteiger partial charge in [0.1, 0.15) is 6.29 Å². The molecule has 160 valence electrons. The predicted molar refractivity (Wildman–Crippen MR) is 119 cm³/mol. The van der Waals surface area contributed by atoms with Gasteiger partial charge in [0.05, 0.1) is 17.5 Å². The number of hydrogen-bond donors (Lipinski definition) is 1. The summed E-state index contributed by atoms with van der Waals surface area (Å²) in [5.41, 5.74) is 2.10. The quantitative estimate of drug-likeness (QED) is 0.545. The van der Waals surface area contributed by atoms with E-state index in [1.807, 2.05) is 19.1 Å². The number of sulfonamides is 1. The SMILES string of the molecule is CC(NC(=O)c1cc(C=O)cc(N(C)S(=O)(=O)Cc2ccccc2)c1)c1cccnc1. The van der Waals surface area contributed by atoms with Crippen LogP contribution in [-0.2, 0) is 15.8 Å². The first-order valence-electron chi connectivity index (χ1n) is 9.62. The third-order valence-electron chi connectivity index (χ3n) is 4.84. The highest BCUT2D eigenvalue weighted by molar-refractivity contribution is 7.92. The number of hydrogen-bond acceptors (Lipinski definition) is 5. The van der Waals surface area contributed by atoms with E-state index in [9.17, 15) is 18.0 Å². The highest BCUT2D eigenvalue weighted by Crippen LogP contribution is 2.23. The van der Waals surface area contributed by atoms with Crippen LogP contribution < -0.4 is 9.62 Å². The van der Waals surface area contributed by atoms with Crippen molar-refractivity contribution in [3.63, 3.8) is 0 Å². The van der Waals surface area contributed by atoms with Crippen LogP contribution in [0.15, 0.2) is 73.1 Å². The van der Waals surface area contributed by atoms with Gasteiger partial charge in [0, 0.05) is 30.6 Å². The molecule has 3 rings (SSSR count). The third-order valence-corrected chi connectivity index (χ3v) is 6.59. The molecule has 0 bridgehead atoms. The fourth-order valence-electron chi connectivity index (χ4n) is 3.05. The molecule has 0 saturated heterocycles. The fourth-order valence-corrected chi connectivity index (χ4v) is 4.29. The highest BCUT2D eigenvalue weighted by atomic mass is 32.2. The topological polar surface area (TPSA) is 96.4 Å². The van der Waals surface area contributed by atoms with Crippen LogP contribution in [0.4, 0.5) is 5.69 Å². The van der Waals surface area contributed by atoms with E-state index in [-0.39, 0.29) is 28.6 Å². The molecule has 0 fully saturated rings. The largest absolute Gasteiger partial charge is 0.345 e. The summed E-state index contributed by atoms with van der Waals surface area (Å²) in [5.74, 6) is -0.620. The van der Waals surface area contributed by atoms with Crippen LogP contribution in [0.2, 0.25) is 0 Å². The molecule has 0 aliphatic heterocycles. The van der Waals surface area contributed by atoms with Crippen molar-refractivity contribution in [2.24, 2.45) is 0 Å². The molecule has 1 heterocycles. The minimum atomic E-state index is -3.72. The van der Waals surface area contributed by atoms with E-state index in [0.717, 1.165) is 9.87 Å². The van der Waals surface area contributed by atoms with Gasteiger partial charge in [-0.3, -0.25) is 18.9 Å². The molecule has 0 aliphatic rings. The zero-order valence-corrected chi connectivity index (χ0v) is 18.0. The van der Waals surface area contributed by atoms with Crippen molar-refractivity contribution in [3.8, 4) is 0 Å². The number of aromatic nitrogens is 1. The second-order valence-electron chi connectivity index (χ2n) is 7.12. The molecule has 0 saturated carbocycles. The molecule has 0 radical (unpaired) electrons. The molecule has 8 heteroatoms. The Labute approximate surface area is 181 Å². The Morgan fingerprint density at radius 1 is 1.13 bits per heavy atom. The number of carbonyl (C=O) groups excluding carboxylic acids is 2. The van der Waals surface area contributed by atoms with E-state index >= 15 is 0 Å². The van der Waals surface area contributed by atoms with Crippen LogP contribution in [0.25, 0.3) is 0 Å². The fraction of sp³-hybridized carbons (Fsp3) is 0.174. The number of pyridine rings is 1. The first-order valence-corrected chi connectivity index (χ1v) is 11.2. The molecule has 2 aromatic carbocycles. The number of rotatable bonds is 8. The summed E-state index contributed by atoms with van der Waals surface area (Å²) in [6.07, 6.45) is 3.88. The molecular formula is C23H23N3O4S. The van der Waals surface area contributed by atoms with Gasteiger partial charge in [-0.15, -0.1) is 0 Å². The van der Waals surface area contributed by atoms with Crippen molar-refractivity contribution >= 4 is 27.9 Å². The van der Waals surface area contributed by atoms with Crippen LogP contribution in [-0.4, -0.2) is 32.6 Å². The molecule has 31 heavy (non-hydrogen) atoms. The standard InChI is InChI=1S/C23H23N3O4S/c1-17(20-9-6-10-24-14-20)25-23(28)21-11-19(15-27)12-22(13-21)26(2)31(29,30)16-18-7-4-3-5-8-18/h3-15,17H,16H2,1-2H3,(H,25,28). The summed E-state index contributed by atoms with van der Waals surface area (Å²) in [7, 11) is -2.32. The van der Waals surface area contributed by atoms with Gasteiger partial charge in [0.2, 0.25) is 10.0 Å². The maximum atomic E-state index is 12.9. The highest BCUT2D eigenvalue weighted by Gasteiger charge is 2.21. The summed E-state index contributed by atoms with van der Waals surface area (Å²) in [6, 6.07) is 16.4. The lowest BCUT2D eigenvalue weighted by Gasteiger charge is -2.21. The van der Waals surface area contributed by atoms with Crippen molar-refractivity contribution in [3.05, 3.63) is 95.3 Å². The van der Waals surface area contributed by atoms with E-state index in [4.69, 9.17) is 0 Å². The van der Waals surface area contributed by atoms with Gasteiger partial charge in [0.25, 0.3) is 5.91 Å². The Morgan fingerprint density at radius 2 is 1.87 bits per heavy atom. The number of carbonyl (C=O) groups is 2. The van der Waals surface area contributed by atoms with Gasteiger partial charge >= 0.3 is 0 Å². The summed E-state index contributed by atoms with van der Waals surface area (Å²) in [4.78, 5) is 28.3. The van der Waals surface area contributed by atoms with E-state index in [1.54, 1.807) is 42.7 Å². The maximum Gasteiger partial charge on any atom is 0.251 e. The minimum Gasteiger partial charge on any atom is -0.345 e. The Hall–Kier alpha value is -3.52. The van der Waals surface area contributed by atoms with E-state index in [1.165, 1.54) is 25.2 Å². The van der Waals surface area contributed by atoms with Gasteiger partial charge in [-0.1, -0.05) is 36.4 Å². The van der Waals surface area contributed by atoms with Crippen LogP contribution in [0, 0.1) is 0 Å². The molecule has 1 unspecified atom stereocenters. The maximum absolute atomic E-state index is 12.9. The zero-order valence-electron chi connectivity index (χ0n) is 17.2. The van der Waals surface area contributed by atoms with Crippen LogP contribution >= 0.6 is 0 Å². The lowest BCUT2D eigenvalue weighted by molar-refractivity contribution is 0.0940. The molecule has 7 nitrogen and oxygen atoms in total. The number of benzene rings is 2. The lowest BCUT2D eigenvalue weighted by Crippen LogP contribution is -2.29. The van der Waals surface area contributed by atoms with Gasteiger partial charge in [-0.05, 0) is 42.3 Å². The average Bonchev–Trinajstić information content (AvgIpc) is 2.79. The molecule has 3 aromatic rings. The van der Waals surface area contributed by atoms with Gasteiger partial charge < -0.3 is 5.32 Å². The first kappa shape index (κ1) is 22.2. The van der Waals surface area contributed by atoms with Gasteiger partial charge in [0.15, 0.2) is 0 Å². The summed E-state index contributed by atoms with van der Waals surface area (Å²) < 4.78 is 26.8. The van der Waals surface area contributed by atoms with E-state index in [0.29, 0.717) is 11.8 Å². The van der Waals surface area contributed by atoms with E-state index in [2.05, 4.69) is 10.3 Å². The molecule has 1 amide bonds. The van der Waals surface area contributed by atoms with Gasteiger partial charge in [-0.2, -0.15) is 0 Å². The normalized spacial score (nSPS) is 12.1. The molecular weight excluding hydrogens is 414 g/mol. The monoisotopic (exact) mass is 437 g/mol. The van der Waals surface area contributed by atoms with Crippen molar-refractivity contribution in [2.45, 2.75) is 18.7 Å². The molecule has 1 N–H and O–H groups in total. The molecule has 0 spiro atoms. The number of amides is 1. The third kappa shape index (κ3) is 5.55. The van der Waals surface area contributed by atoms with Crippen LogP contribution in [0.1, 0.15) is 44.8 Å². The predicted octanol–water partition coefficient (Wildman–Crippen LogP) is 3.35. The Morgan fingerprint density at radius 3 is 2.52 bits per heavy atom. The zero-order chi connectivity index (χ0) is 22.4. The summed E-state index contributed by atoms with van der Waals surface area (Å²) >= 11 is 0. The number of anilines is 1. The van der Waals surface area contributed by atoms with Crippen LogP contribution in [0.5, 0.6) is 0 Å². The Balaban J connectivity index is 1.86. The number of nitrogens with zero attached hydrogens (tertiary/aromatic N) is 2. The second-order valence-corrected chi connectivity index (χ2v) is 9.12. The molecule has 0 aliphatic carbocycles. The number of nitrogens with one attached hydrogen (secondary N) is 1. The summed E-state index contributed by atoms with van der Waals surface area (Å²) in [6.45, 7) is 1.82. The van der Waals surface area contributed by atoms with Crippen LogP contribution in [0.3, 0.4) is 0 Å². The Bertz CT molecular complexity index is 1170. The Kier molecular flexibility index (Phi) is 6.81. The van der Waals surface area contributed by atoms with Gasteiger partial charge in [-0.25, -0.2) is 8.42 Å². The van der Waals surface area contributed by atoms with Crippen molar-refractivity contribution in [1.29, 1.82) is 0 Å². The summed E-state index contributed by atoms with van der Waals surface area (Å²) in [5, 5.41) is 2.85. The second kappa shape index (κ2) is 9.53. The van der Waals surface area contributed by atoms with Crippen molar-refractivity contribution in [2.75, 3.05) is 11.4 Å².